The molecule has 3 rings (SSSR count). The van der Waals surface area contributed by atoms with Crippen LogP contribution in [0.5, 0.6) is 0 Å². The van der Waals surface area contributed by atoms with E-state index < -0.39 is 0 Å². The van der Waals surface area contributed by atoms with Crippen molar-refractivity contribution in [2.45, 2.75) is 25.7 Å². The van der Waals surface area contributed by atoms with Crippen molar-refractivity contribution in [3.63, 3.8) is 0 Å². The predicted octanol–water partition coefficient (Wildman–Crippen LogP) is 2.02. The van der Waals surface area contributed by atoms with Crippen molar-refractivity contribution in [1.29, 1.82) is 0 Å². The van der Waals surface area contributed by atoms with Gasteiger partial charge in [-0.1, -0.05) is 0 Å². The average Bonchev–Trinajstić information content (AvgIpc) is 2.48. The summed E-state index contributed by atoms with van der Waals surface area (Å²) in [5.74, 6) is 0.735. The number of nitrogens with two attached hydrogens (primary N) is 1. The van der Waals surface area contributed by atoms with Gasteiger partial charge >= 0.3 is 0 Å². The highest BCUT2D eigenvalue weighted by atomic mass is 16.5. The lowest BCUT2D eigenvalue weighted by Gasteiger charge is -2.30. The third-order valence-corrected chi connectivity index (χ3v) is 4.43. The molecule has 0 atom stereocenters. The summed E-state index contributed by atoms with van der Waals surface area (Å²) in [4.78, 5) is 13.7. The summed E-state index contributed by atoms with van der Waals surface area (Å²) >= 11 is 0. The van der Waals surface area contributed by atoms with Gasteiger partial charge < -0.3 is 20.7 Å². The Hall–Kier alpha value is -1.75. The Balaban J connectivity index is 1.77. The first kappa shape index (κ1) is 14.2. The van der Waals surface area contributed by atoms with E-state index in [2.05, 4.69) is 17.3 Å². The van der Waals surface area contributed by atoms with E-state index in [1.54, 1.807) is 0 Å². The number of nitrogens with zero attached hydrogens (tertiary/aromatic N) is 1. The molecule has 21 heavy (non-hydrogen) atoms. The van der Waals surface area contributed by atoms with E-state index in [1.807, 2.05) is 12.1 Å². The Morgan fingerprint density at radius 1 is 1.33 bits per heavy atom. The normalized spacial score (nSPS) is 19.0. The highest BCUT2D eigenvalue weighted by Gasteiger charge is 2.20. The molecule has 0 spiro atoms. The second-order valence-electron chi connectivity index (χ2n) is 6.05. The van der Waals surface area contributed by atoms with E-state index in [0.717, 1.165) is 61.6 Å². The Morgan fingerprint density at radius 2 is 2.10 bits per heavy atom. The topological polar surface area (TPSA) is 67.6 Å². The molecule has 1 amide bonds. The average molecular weight is 289 g/mol. The molecule has 0 radical (unpaired) electrons. The van der Waals surface area contributed by atoms with E-state index in [4.69, 9.17) is 10.5 Å². The maximum absolute atomic E-state index is 11.5. The summed E-state index contributed by atoms with van der Waals surface area (Å²) in [6, 6.07) is 4.02. The molecule has 5 nitrogen and oxygen atoms in total. The van der Waals surface area contributed by atoms with Gasteiger partial charge in [0.25, 0.3) is 0 Å². The van der Waals surface area contributed by atoms with Crippen LogP contribution in [0.2, 0.25) is 0 Å². The number of carbonyl (C=O) groups is 1. The first-order valence-electron chi connectivity index (χ1n) is 7.64. The summed E-state index contributed by atoms with van der Waals surface area (Å²) in [6.07, 6.45) is 3.52. The number of fused-ring (bicyclic) bond motifs is 1. The fourth-order valence-corrected chi connectivity index (χ4v) is 3.18. The number of aryl methyl sites for hydroxylation is 1. The van der Waals surface area contributed by atoms with Gasteiger partial charge in [0, 0.05) is 38.9 Å². The van der Waals surface area contributed by atoms with Crippen molar-refractivity contribution < 1.29 is 9.53 Å². The number of hydrogen-bond acceptors (Lipinski definition) is 4. The van der Waals surface area contributed by atoms with Crippen molar-refractivity contribution in [2.24, 2.45) is 5.92 Å². The third-order valence-electron chi connectivity index (χ3n) is 4.43. The van der Waals surface area contributed by atoms with Gasteiger partial charge in [0.2, 0.25) is 5.91 Å². The molecule has 114 valence electrons. The van der Waals surface area contributed by atoms with Crippen molar-refractivity contribution in [2.75, 3.05) is 42.8 Å². The number of rotatable bonds is 3. The van der Waals surface area contributed by atoms with Crippen LogP contribution in [0.4, 0.5) is 17.1 Å². The van der Waals surface area contributed by atoms with Crippen LogP contribution < -0.4 is 16.0 Å². The summed E-state index contributed by atoms with van der Waals surface area (Å²) in [7, 11) is 2.07. The zero-order valence-corrected chi connectivity index (χ0v) is 12.5. The van der Waals surface area contributed by atoms with Crippen LogP contribution in [0.15, 0.2) is 12.1 Å². The first-order chi connectivity index (χ1) is 10.1. The van der Waals surface area contributed by atoms with Crippen molar-refractivity contribution in [1.82, 2.24) is 0 Å². The lowest BCUT2D eigenvalue weighted by atomic mass is 9.98. The van der Waals surface area contributed by atoms with Gasteiger partial charge in [-0.05, 0) is 42.9 Å². The molecule has 1 aromatic rings. The maximum Gasteiger partial charge on any atom is 0.224 e. The summed E-state index contributed by atoms with van der Waals surface area (Å²) in [5.41, 5.74) is 10.0. The van der Waals surface area contributed by atoms with Gasteiger partial charge in [-0.3, -0.25) is 4.79 Å². The quantitative estimate of drug-likeness (QED) is 0.835. The summed E-state index contributed by atoms with van der Waals surface area (Å²) < 4.78 is 5.41. The highest BCUT2D eigenvalue weighted by molar-refractivity contribution is 5.95. The Morgan fingerprint density at radius 3 is 2.86 bits per heavy atom. The van der Waals surface area contributed by atoms with Crippen LogP contribution in [0.1, 0.15) is 24.8 Å². The van der Waals surface area contributed by atoms with Crippen molar-refractivity contribution in [3.05, 3.63) is 17.7 Å². The number of anilines is 3. The maximum atomic E-state index is 11.5. The van der Waals surface area contributed by atoms with E-state index in [-0.39, 0.29) is 5.91 Å². The van der Waals surface area contributed by atoms with Gasteiger partial charge in [-0.25, -0.2) is 0 Å². The number of amides is 1. The monoisotopic (exact) mass is 289 g/mol. The predicted molar refractivity (Wildman–Crippen MR) is 84.6 cm³/mol. The minimum atomic E-state index is 0.0882. The number of carbonyl (C=O) groups excluding carboxylic acids is 1. The van der Waals surface area contributed by atoms with Crippen LogP contribution in [0.3, 0.4) is 0 Å². The van der Waals surface area contributed by atoms with Gasteiger partial charge in [0.05, 0.1) is 11.4 Å². The molecule has 2 heterocycles. The summed E-state index contributed by atoms with van der Waals surface area (Å²) in [5, 5.41) is 2.94. The molecule has 0 aliphatic carbocycles. The number of hydrogen-bond donors (Lipinski definition) is 2. The SMILES string of the molecule is CN(CC1CCOCC1)c1cc2c(cc1N)CCC(=O)N2. The molecule has 0 bridgehead atoms. The van der Waals surface area contributed by atoms with Crippen LogP contribution in [0.25, 0.3) is 0 Å². The molecule has 0 saturated carbocycles. The Bertz CT molecular complexity index is 539. The first-order valence-corrected chi connectivity index (χ1v) is 7.64. The molecule has 1 fully saturated rings. The molecule has 2 aliphatic heterocycles. The zero-order valence-electron chi connectivity index (χ0n) is 12.5. The molecule has 1 aromatic carbocycles. The molecule has 0 unspecified atom stereocenters. The fourth-order valence-electron chi connectivity index (χ4n) is 3.18. The molecular weight excluding hydrogens is 266 g/mol. The molecule has 2 aliphatic rings. The van der Waals surface area contributed by atoms with Gasteiger partial charge in [0.1, 0.15) is 0 Å². The largest absolute Gasteiger partial charge is 0.397 e. The van der Waals surface area contributed by atoms with Crippen molar-refractivity contribution >= 4 is 23.0 Å². The van der Waals surface area contributed by atoms with E-state index in [0.29, 0.717) is 12.3 Å². The van der Waals surface area contributed by atoms with Crippen LogP contribution in [-0.2, 0) is 16.0 Å². The molecule has 5 heteroatoms. The number of ether oxygens (including phenoxy) is 1. The highest BCUT2D eigenvalue weighted by Crippen LogP contribution is 2.33. The smallest absolute Gasteiger partial charge is 0.224 e. The zero-order chi connectivity index (χ0) is 14.8. The third kappa shape index (κ3) is 3.13. The molecular formula is C16H23N3O2. The lowest BCUT2D eigenvalue weighted by molar-refractivity contribution is -0.116. The minimum Gasteiger partial charge on any atom is -0.397 e. The lowest BCUT2D eigenvalue weighted by Crippen LogP contribution is -2.30. The van der Waals surface area contributed by atoms with E-state index in [9.17, 15) is 4.79 Å². The summed E-state index contributed by atoms with van der Waals surface area (Å²) in [6.45, 7) is 2.68. The number of benzene rings is 1. The second-order valence-corrected chi connectivity index (χ2v) is 6.05. The van der Waals surface area contributed by atoms with E-state index in [1.165, 1.54) is 0 Å². The van der Waals surface area contributed by atoms with E-state index >= 15 is 0 Å². The van der Waals surface area contributed by atoms with Crippen molar-refractivity contribution in [3.8, 4) is 0 Å². The Labute approximate surface area is 125 Å². The van der Waals surface area contributed by atoms with Crippen LogP contribution >= 0.6 is 0 Å². The van der Waals surface area contributed by atoms with Gasteiger partial charge in [0.15, 0.2) is 0 Å². The minimum absolute atomic E-state index is 0.0882. The number of nitrogen functional groups attached to an aromatic ring is 1. The molecule has 3 N–H and O–H groups in total. The second kappa shape index (κ2) is 5.93. The molecule has 0 aromatic heterocycles. The standard InChI is InChI=1S/C16H23N3O2/c1-19(10-11-4-6-21-7-5-11)15-9-14-12(8-13(15)17)2-3-16(20)18-14/h8-9,11H,2-7,10,17H2,1H3,(H,18,20). The fraction of sp³-hybridized carbons (Fsp3) is 0.562. The van der Waals surface area contributed by atoms with Gasteiger partial charge in [-0.2, -0.15) is 0 Å². The Kier molecular flexibility index (Phi) is 4.01. The van der Waals surface area contributed by atoms with Crippen LogP contribution in [-0.4, -0.2) is 32.7 Å². The van der Waals surface area contributed by atoms with Gasteiger partial charge in [-0.15, -0.1) is 0 Å². The number of nitrogens with one attached hydrogen (secondary N) is 1. The molecule has 1 saturated heterocycles. The van der Waals surface area contributed by atoms with Crippen LogP contribution in [0, 0.1) is 5.92 Å².